The third-order valence-corrected chi connectivity index (χ3v) is 4.64. The molecule has 1 aromatic heterocycles. The van der Waals surface area contributed by atoms with E-state index in [0.29, 0.717) is 27.3 Å². The van der Waals surface area contributed by atoms with Crippen LogP contribution in [0.1, 0.15) is 16.5 Å². The van der Waals surface area contributed by atoms with E-state index in [4.69, 9.17) is 14.2 Å². The molecule has 0 aliphatic carbocycles. The predicted molar refractivity (Wildman–Crippen MR) is 82.2 cm³/mol. The number of aliphatic hydroxyl groups is 1. The van der Waals surface area contributed by atoms with Gasteiger partial charge in [0.25, 0.3) is 0 Å². The standard InChI is InChI=1S/C14H15BrO4S/c1-17-9-5-4-8(13(19-3)11(9)15)12(16)14-10(18-2)6-7-20-14/h4-7,12,16H,1-3H3. The van der Waals surface area contributed by atoms with Crippen LogP contribution in [0.4, 0.5) is 0 Å². The molecule has 6 heteroatoms. The number of rotatable bonds is 5. The third-order valence-electron chi connectivity index (χ3n) is 2.94. The minimum atomic E-state index is -0.817. The van der Waals surface area contributed by atoms with Gasteiger partial charge in [0.15, 0.2) is 0 Å². The Morgan fingerprint density at radius 2 is 1.75 bits per heavy atom. The average molecular weight is 359 g/mol. The molecule has 1 unspecified atom stereocenters. The number of thiophene rings is 1. The van der Waals surface area contributed by atoms with E-state index in [1.54, 1.807) is 33.5 Å². The zero-order chi connectivity index (χ0) is 14.7. The van der Waals surface area contributed by atoms with E-state index in [1.807, 2.05) is 11.4 Å². The smallest absolute Gasteiger partial charge is 0.142 e. The molecule has 0 spiro atoms. The Morgan fingerprint density at radius 3 is 2.35 bits per heavy atom. The second-order valence-electron chi connectivity index (χ2n) is 3.96. The van der Waals surface area contributed by atoms with Gasteiger partial charge in [-0.25, -0.2) is 0 Å². The number of benzene rings is 1. The molecule has 0 saturated heterocycles. The van der Waals surface area contributed by atoms with E-state index in [-0.39, 0.29) is 0 Å². The first kappa shape index (κ1) is 15.2. The Labute approximate surface area is 130 Å². The monoisotopic (exact) mass is 358 g/mol. The summed E-state index contributed by atoms with van der Waals surface area (Å²) >= 11 is 4.87. The van der Waals surface area contributed by atoms with Crippen LogP contribution in [0.5, 0.6) is 17.2 Å². The average Bonchev–Trinajstić information content (AvgIpc) is 2.94. The van der Waals surface area contributed by atoms with Gasteiger partial charge in [-0.05, 0) is 39.5 Å². The molecular formula is C14H15BrO4S. The summed E-state index contributed by atoms with van der Waals surface area (Å²) in [5.74, 6) is 1.86. The van der Waals surface area contributed by atoms with E-state index in [1.165, 1.54) is 11.3 Å². The Morgan fingerprint density at radius 1 is 1.05 bits per heavy atom. The summed E-state index contributed by atoms with van der Waals surface area (Å²) in [5, 5.41) is 12.5. The number of halogens is 1. The quantitative estimate of drug-likeness (QED) is 0.886. The summed E-state index contributed by atoms with van der Waals surface area (Å²) < 4.78 is 16.5. The second kappa shape index (κ2) is 6.47. The minimum Gasteiger partial charge on any atom is -0.495 e. The number of ether oxygens (including phenoxy) is 3. The molecule has 0 saturated carbocycles. The zero-order valence-corrected chi connectivity index (χ0v) is 13.7. The molecule has 108 valence electrons. The molecule has 1 atom stereocenters. The maximum absolute atomic E-state index is 10.6. The predicted octanol–water partition coefficient (Wildman–Crippen LogP) is 3.62. The van der Waals surface area contributed by atoms with Crippen LogP contribution in [0.15, 0.2) is 28.1 Å². The fourth-order valence-corrected chi connectivity index (χ4v) is 3.50. The van der Waals surface area contributed by atoms with Gasteiger partial charge >= 0.3 is 0 Å². The lowest BCUT2D eigenvalue weighted by atomic mass is 10.1. The molecule has 2 aromatic rings. The molecule has 0 amide bonds. The summed E-state index contributed by atoms with van der Waals surface area (Å²) in [4.78, 5) is 0.739. The van der Waals surface area contributed by atoms with Gasteiger partial charge in [-0.15, -0.1) is 11.3 Å². The molecule has 0 bridgehead atoms. The lowest BCUT2D eigenvalue weighted by molar-refractivity contribution is 0.213. The van der Waals surface area contributed by atoms with Gasteiger partial charge in [0, 0.05) is 5.56 Å². The first-order valence-corrected chi connectivity index (χ1v) is 7.51. The molecule has 0 aliphatic rings. The Kier molecular flexibility index (Phi) is 4.91. The van der Waals surface area contributed by atoms with Gasteiger partial charge in [-0.2, -0.15) is 0 Å². The van der Waals surface area contributed by atoms with Crippen molar-refractivity contribution in [1.29, 1.82) is 0 Å². The first-order valence-electron chi connectivity index (χ1n) is 5.83. The van der Waals surface area contributed by atoms with E-state index in [2.05, 4.69) is 15.9 Å². The highest BCUT2D eigenvalue weighted by Crippen LogP contribution is 2.43. The van der Waals surface area contributed by atoms with Crippen LogP contribution in [0, 0.1) is 0 Å². The lowest BCUT2D eigenvalue weighted by Gasteiger charge is -2.17. The van der Waals surface area contributed by atoms with Crippen molar-refractivity contribution in [1.82, 2.24) is 0 Å². The SMILES string of the molecule is COc1ccsc1C(O)c1ccc(OC)c(Br)c1OC. The molecule has 1 N–H and O–H groups in total. The van der Waals surface area contributed by atoms with Crippen molar-refractivity contribution >= 4 is 27.3 Å². The van der Waals surface area contributed by atoms with Gasteiger partial charge in [0.2, 0.25) is 0 Å². The van der Waals surface area contributed by atoms with Crippen LogP contribution in [0.3, 0.4) is 0 Å². The molecule has 0 aliphatic heterocycles. The highest BCUT2D eigenvalue weighted by atomic mass is 79.9. The molecule has 2 rings (SSSR count). The minimum absolute atomic E-state index is 0.548. The molecule has 20 heavy (non-hydrogen) atoms. The van der Waals surface area contributed by atoms with Crippen LogP contribution in [-0.2, 0) is 0 Å². The van der Waals surface area contributed by atoms with Crippen molar-refractivity contribution in [2.45, 2.75) is 6.10 Å². The maximum Gasteiger partial charge on any atom is 0.142 e. The first-order chi connectivity index (χ1) is 9.63. The number of hydrogen-bond donors (Lipinski definition) is 1. The summed E-state index contributed by atoms with van der Waals surface area (Å²) in [6.45, 7) is 0. The van der Waals surface area contributed by atoms with E-state index in [0.717, 1.165) is 4.88 Å². The molecule has 1 heterocycles. The summed E-state index contributed by atoms with van der Waals surface area (Å²) in [6, 6.07) is 5.39. The summed E-state index contributed by atoms with van der Waals surface area (Å²) in [7, 11) is 4.72. The molecule has 0 radical (unpaired) electrons. The van der Waals surface area contributed by atoms with E-state index in [9.17, 15) is 5.11 Å². The third kappa shape index (κ3) is 2.63. The Hall–Kier alpha value is -1.24. The van der Waals surface area contributed by atoms with Crippen molar-refractivity contribution in [2.24, 2.45) is 0 Å². The van der Waals surface area contributed by atoms with Crippen LogP contribution >= 0.6 is 27.3 Å². The maximum atomic E-state index is 10.6. The molecule has 1 aromatic carbocycles. The highest BCUT2D eigenvalue weighted by molar-refractivity contribution is 9.10. The van der Waals surface area contributed by atoms with Crippen molar-refractivity contribution in [3.05, 3.63) is 38.5 Å². The number of aliphatic hydroxyl groups excluding tert-OH is 1. The van der Waals surface area contributed by atoms with Gasteiger partial charge in [-0.1, -0.05) is 0 Å². The normalized spacial score (nSPS) is 12.1. The van der Waals surface area contributed by atoms with Crippen LogP contribution < -0.4 is 14.2 Å². The number of hydrogen-bond acceptors (Lipinski definition) is 5. The van der Waals surface area contributed by atoms with Crippen LogP contribution in [0.25, 0.3) is 0 Å². The lowest BCUT2D eigenvalue weighted by Crippen LogP contribution is -2.03. The van der Waals surface area contributed by atoms with E-state index >= 15 is 0 Å². The molecule has 4 nitrogen and oxygen atoms in total. The molecule has 0 fully saturated rings. The van der Waals surface area contributed by atoms with Gasteiger partial charge in [0.05, 0.1) is 26.2 Å². The van der Waals surface area contributed by atoms with Gasteiger partial charge in [-0.3, -0.25) is 0 Å². The molecular weight excluding hydrogens is 344 g/mol. The van der Waals surface area contributed by atoms with Crippen molar-refractivity contribution < 1.29 is 19.3 Å². The number of methoxy groups -OCH3 is 3. The fourth-order valence-electron chi connectivity index (χ4n) is 1.95. The second-order valence-corrected chi connectivity index (χ2v) is 5.70. The van der Waals surface area contributed by atoms with Crippen molar-refractivity contribution in [2.75, 3.05) is 21.3 Å². The van der Waals surface area contributed by atoms with Crippen LogP contribution in [-0.4, -0.2) is 26.4 Å². The van der Waals surface area contributed by atoms with E-state index < -0.39 is 6.10 Å². The fraction of sp³-hybridized carbons (Fsp3) is 0.286. The summed E-state index contributed by atoms with van der Waals surface area (Å²) in [5.41, 5.74) is 0.654. The van der Waals surface area contributed by atoms with Crippen molar-refractivity contribution in [3.8, 4) is 17.2 Å². The van der Waals surface area contributed by atoms with Gasteiger partial charge < -0.3 is 19.3 Å². The highest BCUT2D eigenvalue weighted by Gasteiger charge is 2.23. The largest absolute Gasteiger partial charge is 0.495 e. The Bertz CT molecular complexity index is 597. The van der Waals surface area contributed by atoms with Crippen LogP contribution in [0.2, 0.25) is 0 Å². The Balaban J connectivity index is 2.49. The topological polar surface area (TPSA) is 47.9 Å². The van der Waals surface area contributed by atoms with Crippen molar-refractivity contribution in [3.63, 3.8) is 0 Å². The van der Waals surface area contributed by atoms with Gasteiger partial charge in [0.1, 0.15) is 27.8 Å². The zero-order valence-electron chi connectivity index (χ0n) is 11.3. The summed E-state index contributed by atoms with van der Waals surface area (Å²) in [6.07, 6.45) is -0.817.